The number of carbonyl (C=O) groups is 1. The molecule has 0 bridgehead atoms. The molecule has 1 aliphatic heterocycles. The molecule has 6 nitrogen and oxygen atoms in total. The summed E-state index contributed by atoms with van der Waals surface area (Å²) >= 11 is 0. The normalized spacial score (nSPS) is 20.5. The zero-order valence-corrected chi connectivity index (χ0v) is 13.0. The molecule has 1 aliphatic rings. The summed E-state index contributed by atoms with van der Waals surface area (Å²) in [7, 11) is 0. The van der Waals surface area contributed by atoms with Gasteiger partial charge in [-0.05, 0) is 32.1 Å². The van der Waals surface area contributed by atoms with E-state index in [2.05, 4.69) is 29.4 Å². The largest absolute Gasteiger partial charge is 0.376 e. The van der Waals surface area contributed by atoms with Crippen LogP contribution in [0.15, 0.2) is 6.07 Å². The Morgan fingerprint density at radius 3 is 2.95 bits per heavy atom. The molecule has 2 N–H and O–H groups in total. The Labute approximate surface area is 125 Å². The van der Waals surface area contributed by atoms with E-state index in [0.717, 1.165) is 25.1 Å². The van der Waals surface area contributed by atoms with Gasteiger partial charge in [-0.1, -0.05) is 13.8 Å². The Kier molecular flexibility index (Phi) is 5.76. The minimum absolute atomic E-state index is 0.118. The molecule has 2 rings (SSSR count). The number of rotatable bonds is 6. The highest BCUT2D eigenvalue weighted by Gasteiger charge is 2.19. The predicted octanol–water partition coefficient (Wildman–Crippen LogP) is 2.45. The molecule has 6 heteroatoms. The highest BCUT2D eigenvalue weighted by molar-refractivity contribution is 5.93. The van der Waals surface area contributed by atoms with E-state index in [1.165, 1.54) is 6.42 Å². The number of nitrogens with one attached hydrogen (secondary N) is 2. The molecule has 1 fully saturated rings. The molecule has 0 aromatic carbocycles. The SMILES string of the molecule is CC(C)c1cc(NC(=O)[C@H](C)OC[C@H]2CCCCO2)n[nH]1. The van der Waals surface area contributed by atoms with Gasteiger partial charge in [0.1, 0.15) is 6.10 Å². The number of carbonyl (C=O) groups excluding carboxylic acids is 1. The molecule has 1 aromatic rings. The average Bonchev–Trinajstić information content (AvgIpc) is 2.94. The van der Waals surface area contributed by atoms with Crippen LogP contribution in [0.4, 0.5) is 5.82 Å². The van der Waals surface area contributed by atoms with Crippen molar-refractivity contribution in [3.05, 3.63) is 11.8 Å². The van der Waals surface area contributed by atoms with Gasteiger partial charge in [-0.15, -0.1) is 0 Å². The van der Waals surface area contributed by atoms with Crippen molar-refractivity contribution in [2.75, 3.05) is 18.5 Å². The molecular formula is C15H25N3O3. The Hall–Kier alpha value is -1.40. The maximum Gasteiger partial charge on any atom is 0.254 e. The van der Waals surface area contributed by atoms with E-state index in [1.54, 1.807) is 6.92 Å². The van der Waals surface area contributed by atoms with Crippen LogP contribution in [0.3, 0.4) is 0 Å². The second-order valence-electron chi connectivity index (χ2n) is 5.82. The number of ether oxygens (including phenoxy) is 2. The standard InChI is InChI=1S/C15H25N3O3/c1-10(2)13-8-14(18-17-13)16-15(19)11(3)21-9-12-6-4-5-7-20-12/h8,10-12H,4-7,9H2,1-3H3,(H2,16,17,18,19)/t11-,12+/m0/s1. The van der Waals surface area contributed by atoms with Crippen LogP contribution in [-0.4, -0.2) is 41.5 Å². The molecule has 21 heavy (non-hydrogen) atoms. The Morgan fingerprint density at radius 1 is 1.52 bits per heavy atom. The van der Waals surface area contributed by atoms with Crippen molar-refractivity contribution in [3.8, 4) is 0 Å². The van der Waals surface area contributed by atoms with E-state index in [-0.39, 0.29) is 12.0 Å². The number of amides is 1. The number of hydrogen-bond donors (Lipinski definition) is 2. The van der Waals surface area contributed by atoms with Crippen LogP contribution in [0.2, 0.25) is 0 Å². The summed E-state index contributed by atoms with van der Waals surface area (Å²) in [6.45, 7) is 7.13. The van der Waals surface area contributed by atoms with E-state index < -0.39 is 6.10 Å². The van der Waals surface area contributed by atoms with Gasteiger partial charge in [0.15, 0.2) is 5.82 Å². The van der Waals surface area contributed by atoms with Gasteiger partial charge < -0.3 is 14.8 Å². The van der Waals surface area contributed by atoms with Gasteiger partial charge >= 0.3 is 0 Å². The second-order valence-corrected chi connectivity index (χ2v) is 5.82. The van der Waals surface area contributed by atoms with Crippen molar-refractivity contribution in [2.45, 2.75) is 58.2 Å². The molecule has 0 spiro atoms. The van der Waals surface area contributed by atoms with Gasteiger partial charge in [0.25, 0.3) is 5.91 Å². The van der Waals surface area contributed by atoms with E-state index >= 15 is 0 Å². The first kappa shape index (κ1) is 16.0. The van der Waals surface area contributed by atoms with Gasteiger partial charge in [-0.25, -0.2) is 0 Å². The van der Waals surface area contributed by atoms with Crippen molar-refractivity contribution in [1.29, 1.82) is 0 Å². The molecule has 118 valence electrons. The molecule has 1 saturated heterocycles. The fourth-order valence-electron chi connectivity index (χ4n) is 2.19. The minimum Gasteiger partial charge on any atom is -0.376 e. The lowest BCUT2D eigenvalue weighted by atomic mass is 10.1. The third kappa shape index (κ3) is 4.82. The molecule has 0 aliphatic carbocycles. The molecule has 1 aromatic heterocycles. The number of nitrogens with zero attached hydrogens (tertiary/aromatic N) is 1. The van der Waals surface area contributed by atoms with Crippen molar-refractivity contribution >= 4 is 11.7 Å². The highest BCUT2D eigenvalue weighted by atomic mass is 16.5. The van der Waals surface area contributed by atoms with E-state index in [1.807, 2.05) is 6.07 Å². The molecule has 0 radical (unpaired) electrons. The maximum absolute atomic E-state index is 12.0. The lowest BCUT2D eigenvalue weighted by molar-refractivity contribution is -0.130. The predicted molar refractivity (Wildman–Crippen MR) is 80.3 cm³/mol. The van der Waals surface area contributed by atoms with Crippen LogP contribution >= 0.6 is 0 Å². The van der Waals surface area contributed by atoms with E-state index in [0.29, 0.717) is 18.3 Å². The van der Waals surface area contributed by atoms with Crippen LogP contribution in [0, 0.1) is 0 Å². The lowest BCUT2D eigenvalue weighted by Gasteiger charge is -2.23. The Balaban J connectivity index is 1.75. The molecule has 0 saturated carbocycles. The van der Waals surface area contributed by atoms with Crippen LogP contribution in [0.25, 0.3) is 0 Å². The average molecular weight is 295 g/mol. The lowest BCUT2D eigenvalue weighted by Crippen LogP contribution is -2.32. The maximum atomic E-state index is 12.0. The first-order chi connectivity index (χ1) is 10.1. The summed E-state index contributed by atoms with van der Waals surface area (Å²) in [6, 6.07) is 1.85. The third-order valence-electron chi connectivity index (χ3n) is 3.65. The Bertz CT molecular complexity index is 453. The summed E-state index contributed by atoms with van der Waals surface area (Å²) in [6.07, 6.45) is 2.89. The Morgan fingerprint density at radius 2 is 2.33 bits per heavy atom. The zero-order chi connectivity index (χ0) is 15.2. The van der Waals surface area contributed by atoms with Crippen LogP contribution in [0.1, 0.15) is 51.6 Å². The van der Waals surface area contributed by atoms with Gasteiger partial charge in [0, 0.05) is 18.4 Å². The van der Waals surface area contributed by atoms with Crippen LogP contribution < -0.4 is 5.32 Å². The fourth-order valence-corrected chi connectivity index (χ4v) is 2.19. The number of H-pyrrole nitrogens is 1. The van der Waals surface area contributed by atoms with Crippen molar-refractivity contribution in [1.82, 2.24) is 10.2 Å². The van der Waals surface area contributed by atoms with Crippen LogP contribution in [0.5, 0.6) is 0 Å². The molecule has 0 unspecified atom stereocenters. The first-order valence-electron chi connectivity index (χ1n) is 7.65. The van der Waals surface area contributed by atoms with Crippen molar-refractivity contribution in [2.24, 2.45) is 0 Å². The molecule has 1 amide bonds. The fraction of sp³-hybridized carbons (Fsp3) is 0.733. The summed E-state index contributed by atoms with van der Waals surface area (Å²) in [5, 5.41) is 9.74. The topological polar surface area (TPSA) is 76.2 Å². The molecule has 2 heterocycles. The molecule has 2 atom stereocenters. The summed E-state index contributed by atoms with van der Waals surface area (Å²) in [5.41, 5.74) is 0.995. The van der Waals surface area contributed by atoms with Crippen LogP contribution in [-0.2, 0) is 14.3 Å². The smallest absolute Gasteiger partial charge is 0.254 e. The van der Waals surface area contributed by atoms with Gasteiger partial charge in [-0.2, -0.15) is 5.10 Å². The van der Waals surface area contributed by atoms with Crippen molar-refractivity contribution < 1.29 is 14.3 Å². The number of aromatic nitrogens is 2. The summed E-state index contributed by atoms with van der Waals surface area (Å²) in [5.74, 6) is 0.695. The number of aromatic amines is 1. The van der Waals surface area contributed by atoms with Gasteiger partial charge in [0.2, 0.25) is 0 Å². The van der Waals surface area contributed by atoms with E-state index in [4.69, 9.17) is 9.47 Å². The monoisotopic (exact) mass is 295 g/mol. The van der Waals surface area contributed by atoms with Gasteiger partial charge in [0.05, 0.1) is 12.7 Å². The number of anilines is 1. The summed E-state index contributed by atoms with van der Waals surface area (Å²) in [4.78, 5) is 12.0. The van der Waals surface area contributed by atoms with E-state index in [9.17, 15) is 4.79 Å². The van der Waals surface area contributed by atoms with Gasteiger partial charge in [-0.3, -0.25) is 9.89 Å². The quantitative estimate of drug-likeness (QED) is 0.845. The zero-order valence-electron chi connectivity index (χ0n) is 13.0. The van der Waals surface area contributed by atoms with Crippen molar-refractivity contribution in [3.63, 3.8) is 0 Å². The summed E-state index contributed by atoms with van der Waals surface area (Å²) < 4.78 is 11.2. The highest BCUT2D eigenvalue weighted by Crippen LogP contribution is 2.16. The number of hydrogen-bond acceptors (Lipinski definition) is 4. The molecular weight excluding hydrogens is 270 g/mol. The first-order valence-corrected chi connectivity index (χ1v) is 7.65. The third-order valence-corrected chi connectivity index (χ3v) is 3.65. The minimum atomic E-state index is -0.519. The second kappa shape index (κ2) is 7.56.